The Balaban J connectivity index is 3.30. The normalized spacial score (nSPS) is 22.9. The van der Waals surface area contributed by atoms with E-state index in [0.29, 0.717) is 12.3 Å². The van der Waals surface area contributed by atoms with Gasteiger partial charge in [-0.05, 0) is 128 Å². The van der Waals surface area contributed by atoms with Crippen LogP contribution in [0.2, 0.25) is 78.6 Å². The molecule has 1 fully saturated rings. The zero-order valence-corrected chi connectivity index (χ0v) is 36.0. The summed E-state index contributed by atoms with van der Waals surface area (Å²) in [6.07, 6.45) is 17.1. The first-order valence-corrected chi connectivity index (χ1v) is 31.1. The fourth-order valence-electron chi connectivity index (χ4n) is 5.94. The zero-order chi connectivity index (χ0) is 34.7. The fourth-order valence-corrected chi connectivity index (χ4v) is 10.2. The van der Waals surface area contributed by atoms with E-state index in [2.05, 4.69) is 117 Å². The van der Waals surface area contributed by atoms with Crippen LogP contribution in [0.4, 0.5) is 0 Å². The molecule has 0 radical (unpaired) electrons. The lowest BCUT2D eigenvalue weighted by molar-refractivity contribution is -0.140. The van der Waals surface area contributed by atoms with Crippen molar-refractivity contribution in [3.63, 3.8) is 0 Å². The molecule has 0 saturated heterocycles. The number of esters is 1. The minimum Gasteiger partial charge on any atom is -0.469 e. The molecule has 0 spiro atoms. The summed E-state index contributed by atoms with van der Waals surface area (Å²) in [5, 5.41) is 0. The van der Waals surface area contributed by atoms with Crippen molar-refractivity contribution in [3.05, 3.63) is 24.3 Å². The number of hydrogen-bond acceptors (Lipinski definition) is 6. The highest BCUT2D eigenvalue weighted by molar-refractivity contribution is 6.70. The van der Waals surface area contributed by atoms with Crippen LogP contribution in [0.15, 0.2) is 24.3 Å². The van der Waals surface area contributed by atoms with Gasteiger partial charge in [-0.2, -0.15) is 0 Å². The largest absolute Gasteiger partial charge is 0.469 e. The summed E-state index contributed by atoms with van der Waals surface area (Å²) in [5.41, 5.74) is 0.00688. The maximum atomic E-state index is 11.5. The number of carbonyl (C=O) groups excluding carboxylic acids is 1. The second-order valence-electron chi connectivity index (χ2n) is 17.6. The van der Waals surface area contributed by atoms with E-state index >= 15 is 0 Å². The van der Waals surface area contributed by atoms with Crippen LogP contribution < -0.4 is 0 Å². The average Bonchev–Trinajstić information content (AvgIpc) is 3.14. The van der Waals surface area contributed by atoms with E-state index in [0.717, 1.165) is 51.6 Å². The highest BCUT2D eigenvalue weighted by Crippen LogP contribution is 2.43. The monoisotopic (exact) mass is 700 g/mol. The Morgan fingerprint density at radius 3 is 1.93 bits per heavy atom. The molecule has 264 valence electrons. The van der Waals surface area contributed by atoms with E-state index in [-0.39, 0.29) is 35.6 Å². The van der Waals surface area contributed by atoms with Gasteiger partial charge >= 0.3 is 5.97 Å². The number of carbonyl (C=O) groups is 1. The Kier molecular flexibility index (Phi) is 17.5. The van der Waals surface area contributed by atoms with Gasteiger partial charge in [0, 0.05) is 18.9 Å². The summed E-state index contributed by atoms with van der Waals surface area (Å²) in [6.45, 7) is 33.0. The van der Waals surface area contributed by atoms with Crippen LogP contribution in [-0.2, 0) is 27.2 Å². The van der Waals surface area contributed by atoms with Gasteiger partial charge in [-0.25, -0.2) is 0 Å². The number of rotatable bonds is 21. The smallest absolute Gasteiger partial charge is 0.305 e. The molecule has 0 bridgehead atoms. The van der Waals surface area contributed by atoms with Crippen molar-refractivity contribution < 1.29 is 27.2 Å². The van der Waals surface area contributed by atoms with Gasteiger partial charge in [0.05, 0.1) is 25.4 Å². The van der Waals surface area contributed by atoms with Crippen molar-refractivity contribution in [2.75, 3.05) is 13.7 Å². The molecule has 6 nitrogen and oxygen atoms in total. The van der Waals surface area contributed by atoms with Gasteiger partial charge in [-0.15, -0.1) is 0 Å². The predicted molar refractivity (Wildman–Crippen MR) is 202 cm³/mol. The maximum Gasteiger partial charge on any atom is 0.305 e. The molecular formula is C35H72O6Si4. The van der Waals surface area contributed by atoms with E-state index in [1.807, 2.05) is 0 Å². The second-order valence-corrected chi connectivity index (χ2v) is 35.5. The minimum atomic E-state index is -1.81. The summed E-state index contributed by atoms with van der Waals surface area (Å²) in [5.74, 6) is 0.448. The minimum absolute atomic E-state index is 0.00688. The highest BCUT2D eigenvalue weighted by Gasteiger charge is 2.45. The summed E-state index contributed by atoms with van der Waals surface area (Å²) in [7, 11) is -5.39. The van der Waals surface area contributed by atoms with Crippen LogP contribution in [0.1, 0.15) is 65.2 Å². The zero-order valence-electron chi connectivity index (χ0n) is 32.0. The van der Waals surface area contributed by atoms with Crippen LogP contribution in [-0.4, -0.2) is 71.3 Å². The number of allylic oxidation sites excluding steroid dienone is 2. The molecular weight excluding hydrogens is 629 g/mol. The van der Waals surface area contributed by atoms with Crippen LogP contribution in [0.3, 0.4) is 0 Å². The third kappa shape index (κ3) is 19.3. The van der Waals surface area contributed by atoms with Crippen molar-refractivity contribution in [1.29, 1.82) is 0 Å². The van der Waals surface area contributed by atoms with Crippen molar-refractivity contribution in [2.24, 2.45) is 17.3 Å². The van der Waals surface area contributed by atoms with Crippen LogP contribution in [0.5, 0.6) is 0 Å². The molecule has 5 unspecified atom stereocenters. The Bertz CT molecular complexity index is 924. The van der Waals surface area contributed by atoms with E-state index in [1.54, 1.807) is 0 Å². The molecule has 10 heteroatoms. The third-order valence-corrected chi connectivity index (χ3v) is 12.0. The summed E-state index contributed by atoms with van der Waals surface area (Å²) in [6, 6.07) is 0. The first-order valence-electron chi connectivity index (χ1n) is 17.5. The Labute approximate surface area is 283 Å². The van der Waals surface area contributed by atoms with Gasteiger partial charge < -0.3 is 22.4 Å². The molecule has 45 heavy (non-hydrogen) atoms. The molecule has 0 N–H and O–H groups in total. The molecule has 0 aromatic heterocycles. The second kappa shape index (κ2) is 18.4. The standard InChI is InChI=1S/C35H72O6Si4/c1-35(2,26-20-21-27-38-42(4,5)6)33(41-45(13,14)15)25-24-30-29(22-18-16-17-19-23-34(36)37-3)31(39-43(7,8)9)28-32(30)40-44(10,11)12/h16,18,24-25,29-33H,17,19-23,26-28H2,1-15H3/b18-16-,25-24+. The van der Waals surface area contributed by atoms with Crippen molar-refractivity contribution in [1.82, 2.24) is 0 Å². The average molecular weight is 701 g/mol. The molecule has 5 atom stereocenters. The van der Waals surface area contributed by atoms with Gasteiger partial charge in [-0.1, -0.05) is 44.6 Å². The Morgan fingerprint density at radius 2 is 1.40 bits per heavy atom. The summed E-state index contributed by atoms with van der Waals surface area (Å²) in [4.78, 5) is 11.5. The Hall–Kier alpha value is -0.342. The highest BCUT2D eigenvalue weighted by atomic mass is 28.4. The number of hydrogen-bond donors (Lipinski definition) is 0. The van der Waals surface area contributed by atoms with Gasteiger partial charge in [-0.3, -0.25) is 4.79 Å². The lowest BCUT2D eigenvalue weighted by atomic mass is 9.80. The lowest BCUT2D eigenvalue weighted by Crippen LogP contribution is -2.40. The quantitative estimate of drug-likeness (QED) is 0.0514. The van der Waals surface area contributed by atoms with E-state index in [1.165, 1.54) is 7.11 Å². The first kappa shape index (κ1) is 42.7. The fraction of sp³-hybridized carbons (Fsp3) is 0.857. The molecule has 0 aliphatic heterocycles. The molecule has 1 rings (SSSR count). The maximum absolute atomic E-state index is 11.5. The van der Waals surface area contributed by atoms with E-state index < -0.39 is 33.3 Å². The summed E-state index contributed by atoms with van der Waals surface area (Å²) >= 11 is 0. The summed E-state index contributed by atoms with van der Waals surface area (Å²) < 4.78 is 31.7. The number of unbranched alkanes of at least 4 members (excludes halogenated alkanes) is 2. The Morgan fingerprint density at radius 1 is 0.800 bits per heavy atom. The molecule has 1 aliphatic carbocycles. The SMILES string of the molecule is COC(=O)CCC/C=C\CC1C(O[Si](C)(C)C)CC(O[Si](C)(C)C)C1/C=C/C(O[Si](C)(C)C)C(C)(C)CCCCO[Si](C)(C)C. The van der Waals surface area contributed by atoms with E-state index in [4.69, 9.17) is 22.4 Å². The predicted octanol–water partition coefficient (Wildman–Crippen LogP) is 10.2. The van der Waals surface area contributed by atoms with Crippen LogP contribution in [0.25, 0.3) is 0 Å². The van der Waals surface area contributed by atoms with Gasteiger partial charge in [0.2, 0.25) is 0 Å². The third-order valence-electron chi connectivity index (χ3n) is 7.94. The number of ether oxygens (including phenoxy) is 1. The molecule has 0 aromatic carbocycles. The molecule has 0 amide bonds. The first-order chi connectivity index (χ1) is 20.4. The molecule has 0 aromatic rings. The van der Waals surface area contributed by atoms with Crippen LogP contribution in [0, 0.1) is 17.3 Å². The van der Waals surface area contributed by atoms with Crippen molar-refractivity contribution >= 4 is 39.2 Å². The van der Waals surface area contributed by atoms with Crippen molar-refractivity contribution in [2.45, 2.75) is 162 Å². The molecule has 1 aliphatic rings. The van der Waals surface area contributed by atoms with Gasteiger partial charge in [0.25, 0.3) is 0 Å². The van der Waals surface area contributed by atoms with Crippen molar-refractivity contribution in [3.8, 4) is 0 Å². The van der Waals surface area contributed by atoms with Gasteiger partial charge in [0.15, 0.2) is 33.3 Å². The molecule has 1 saturated carbocycles. The molecule has 0 heterocycles. The topological polar surface area (TPSA) is 63.2 Å². The number of methoxy groups -OCH3 is 1. The van der Waals surface area contributed by atoms with Gasteiger partial charge in [0.1, 0.15) is 0 Å². The van der Waals surface area contributed by atoms with Crippen LogP contribution >= 0.6 is 0 Å². The lowest BCUT2D eigenvalue weighted by Gasteiger charge is -2.37. The van der Waals surface area contributed by atoms with E-state index in [9.17, 15) is 4.79 Å².